The van der Waals surface area contributed by atoms with Crippen molar-refractivity contribution in [1.29, 1.82) is 0 Å². The Morgan fingerprint density at radius 3 is 2.79 bits per heavy atom. The van der Waals surface area contributed by atoms with Gasteiger partial charge < -0.3 is 5.32 Å². The first-order valence-corrected chi connectivity index (χ1v) is 11.3. The number of hydrogen-bond donors (Lipinski definition) is 1. The van der Waals surface area contributed by atoms with Gasteiger partial charge in [0.1, 0.15) is 11.3 Å². The standard InChI is InChI=1S/C26H26FN5O2/c1-26(2)8-10-31(16-26)15-19-12-18-11-17(6-7-20(18)30-24(19)27)14-28-25(34)21-13-23(33)32-9-4-3-5-22(32)29-21/h3-7,9,11-13H,8,10,14-16H2,1-2H3,(H,28,34). The molecule has 0 saturated carbocycles. The van der Waals surface area contributed by atoms with Crippen LogP contribution in [-0.4, -0.2) is 38.3 Å². The Labute approximate surface area is 196 Å². The molecule has 8 heteroatoms. The molecule has 0 aliphatic carbocycles. The van der Waals surface area contributed by atoms with Gasteiger partial charge in [-0.1, -0.05) is 26.0 Å². The van der Waals surface area contributed by atoms with Gasteiger partial charge in [0.05, 0.1) is 5.52 Å². The number of benzene rings is 1. The second-order valence-electron chi connectivity index (χ2n) is 9.68. The number of aromatic nitrogens is 3. The zero-order chi connectivity index (χ0) is 23.9. The van der Waals surface area contributed by atoms with E-state index in [-0.39, 0.29) is 23.2 Å². The van der Waals surface area contributed by atoms with Crippen LogP contribution in [0.1, 0.15) is 41.9 Å². The molecule has 0 radical (unpaired) electrons. The van der Waals surface area contributed by atoms with E-state index >= 15 is 0 Å². The van der Waals surface area contributed by atoms with Crippen molar-refractivity contribution in [1.82, 2.24) is 24.6 Å². The quantitative estimate of drug-likeness (QED) is 0.462. The fraction of sp³-hybridized carbons (Fsp3) is 0.308. The van der Waals surface area contributed by atoms with E-state index < -0.39 is 11.9 Å². The normalized spacial score (nSPS) is 15.7. The fourth-order valence-corrected chi connectivity index (χ4v) is 4.51. The van der Waals surface area contributed by atoms with Gasteiger partial charge in [-0.2, -0.15) is 4.39 Å². The first-order valence-electron chi connectivity index (χ1n) is 11.3. The molecule has 1 aromatic carbocycles. The molecule has 1 N–H and O–H groups in total. The summed E-state index contributed by atoms with van der Waals surface area (Å²) in [6.07, 6.45) is 2.70. The predicted octanol–water partition coefficient (Wildman–Crippen LogP) is 3.54. The number of amides is 1. The van der Waals surface area contributed by atoms with Crippen molar-refractivity contribution in [3.05, 3.63) is 87.9 Å². The summed E-state index contributed by atoms with van der Waals surface area (Å²) in [5.41, 5.74) is 2.40. The van der Waals surface area contributed by atoms with Crippen molar-refractivity contribution in [3.63, 3.8) is 0 Å². The van der Waals surface area contributed by atoms with Crippen LogP contribution in [0.25, 0.3) is 16.6 Å². The number of rotatable bonds is 5. The van der Waals surface area contributed by atoms with Crippen molar-refractivity contribution >= 4 is 22.5 Å². The Morgan fingerprint density at radius 1 is 1.15 bits per heavy atom. The van der Waals surface area contributed by atoms with E-state index in [1.54, 1.807) is 36.5 Å². The van der Waals surface area contributed by atoms with E-state index in [2.05, 4.69) is 34.0 Å². The lowest BCUT2D eigenvalue weighted by atomic mass is 9.93. The van der Waals surface area contributed by atoms with Crippen LogP contribution in [0.2, 0.25) is 0 Å². The van der Waals surface area contributed by atoms with E-state index in [1.165, 1.54) is 10.5 Å². The number of carbonyl (C=O) groups is 1. The van der Waals surface area contributed by atoms with Gasteiger partial charge in [-0.3, -0.25) is 18.9 Å². The smallest absolute Gasteiger partial charge is 0.270 e. The first-order chi connectivity index (χ1) is 16.3. The molecule has 5 rings (SSSR count). The molecule has 1 amide bonds. The monoisotopic (exact) mass is 459 g/mol. The minimum absolute atomic E-state index is 0.0663. The van der Waals surface area contributed by atoms with Gasteiger partial charge >= 0.3 is 0 Å². The third-order valence-corrected chi connectivity index (χ3v) is 6.31. The summed E-state index contributed by atoms with van der Waals surface area (Å²) in [6.45, 7) is 7.12. The maximum absolute atomic E-state index is 14.6. The average molecular weight is 460 g/mol. The number of fused-ring (bicyclic) bond motifs is 2. The molecule has 0 unspecified atom stereocenters. The lowest BCUT2D eigenvalue weighted by Crippen LogP contribution is -2.26. The molecule has 0 atom stereocenters. The lowest BCUT2D eigenvalue weighted by molar-refractivity contribution is 0.0946. The highest BCUT2D eigenvalue weighted by Gasteiger charge is 2.29. The van der Waals surface area contributed by atoms with Crippen molar-refractivity contribution in [3.8, 4) is 0 Å². The van der Waals surface area contributed by atoms with Gasteiger partial charge in [-0.05, 0) is 54.3 Å². The molecule has 3 aromatic heterocycles. The van der Waals surface area contributed by atoms with Crippen LogP contribution >= 0.6 is 0 Å². The Bertz CT molecular complexity index is 1460. The average Bonchev–Trinajstić information content (AvgIpc) is 3.16. The molecule has 174 valence electrons. The third-order valence-electron chi connectivity index (χ3n) is 6.31. The summed E-state index contributed by atoms with van der Waals surface area (Å²) < 4.78 is 16.0. The number of hydrogen-bond acceptors (Lipinski definition) is 5. The highest BCUT2D eigenvalue weighted by atomic mass is 19.1. The van der Waals surface area contributed by atoms with E-state index in [0.29, 0.717) is 23.3 Å². The summed E-state index contributed by atoms with van der Waals surface area (Å²) in [5.74, 6) is -0.870. The Hall–Kier alpha value is -3.65. The lowest BCUT2D eigenvalue weighted by Gasteiger charge is -2.20. The zero-order valence-corrected chi connectivity index (χ0v) is 19.2. The number of nitrogens with one attached hydrogen (secondary N) is 1. The molecular formula is C26H26FN5O2. The van der Waals surface area contributed by atoms with Crippen LogP contribution in [0.5, 0.6) is 0 Å². The Balaban J connectivity index is 1.32. The highest BCUT2D eigenvalue weighted by molar-refractivity contribution is 5.92. The minimum atomic E-state index is -0.438. The molecule has 1 fully saturated rings. The van der Waals surface area contributed by atoms with Gasteiger partial charge in [0.2, 0.25) is 5.95 Å². The van der Waals surface area contributed by atoms with Gasteiger partial charge in [0.15, 0.2) is 0 Å². The molecule has 1 aliphatic rings. The molecule has 4 aromatic rings. The summed E-state index contributed by atoms with van der Waals surface area (Å²) >= 11 is 0. The molecule has 1 aliphatic heterocycles. The first kappa shape index (κ1) is 22.2. The maximum Gasteiger partial charge on any atom is 0.270 e. The summed E-state index contributed by atoms with van der Waals surface area (Å²) in [7, 11) is 0. The largest absolute Gasteiger partial charge is 0.347 e. The van der Waals surface area contributed by atoms with Crippen molar-refractivity contribution in [2.75, 3.05) is 13.1 Å². The second-order valence-corrected chi connectivity index (χ2v) is 9.68. The molecule has 1 saturated heterocycles. The minimum Gasteiger partial charge on any atom is -0.347 e. The Morgan fingerprint density at radius 2 is 2.00 bits per heavy atom. The summed E-state index contributed by atoms with van der Waals surface area (Å²) in [6, 6.07) is 13.7. The van der Waals surface area contributed by atoms with Crippen LogP contribution in [0, 0.1) is 11.4 Å². The fourth-order valence-electron chi connectivity index (χ4n) is 4.51. The molecular weight excluding hydrogens is 433 g/mol. The van der Waals surface area contributed by atoms with Gasteiger partial charge in [-0.15, -0.1) is 0 Å². The van der Waals surface area contributed by atoms with Crippen molar-refractivity contribution in [2.45, 2.75) is 33.4 Å². The topological polar surface area (TPSA) is 79.6 Å². The number of carbonyl (C=O) groups excluding carboxylic acids is 1. The number of likely N-dealkylation sites (tertiary alicyclic amines) is 1. The van der Waals surface area contributed by atoms with E-state index in [0.717, 1.165) is 30.5 Å². The van der Waals surface area contributed by atoms with Gasteiger partial charge in [0.25, 0.3) is 11.5 Å². The maximum atomic E-state index is 14.6. The predicted molar refractivity (Wildman–Crippen MR) is 128 cm³/mol. The number of pyridine rings is 2. The second kappa shape index (κ2) is 8.61. The molecule has 7 nitrogen and oxygen atoms in total. The van der Waals surface area contributed by atoms with Crippen molar-refractivity contribution < 1.29 is 9.18 Å². The number of halogens is 1. The van der Waals surface area contributed by atoms with E-state index in [4.69, 9.17) is 0 Å². The highest BCUT2D eigenvalue weighted by Crippen LogP contribution is 2.30. The van der Waals surface area contributed by atoms with E-state index in [1.807, 2.05) is 12.1 Å². The SMILES string of the molecule is CC1(C)CCN(Cc2cc3cc(CNC(=O)c4cc(=O)n5ccccc5n4)ccc3nc2F)C1. The zero-order valence-electron chi connectivity index (χ0n) is 19.2. The Kier molecular flexibility index (Phi) is 5.61. The third kappa shape index (κ3) is 4.54. The van der Waals surface area contributed by atoms with Crippen LogP contribution in [-0.2, 0) is 13.1 Å². The molecule has 0 bridgehead atoms. The van der Waals surface area contributed by atoms with E-state index in [9.17, 15) is 14.0 Å². The van der Waals surface area contributed by atoms with Crippen LogP contribution in [0.3, 0.4) is 0 Å². The van der Waals surface area contributed by atoms with Crippen LogP contribution in [0.4, 0.5) is 4.39 Å². The molecule has 0 spiro atoms. The van der Waals surface area contributed by atoms with Crippen LogP contribution < -0.4 is 10.9 Å². The van der Waals surface area contributed by atoms with Crippen LogP contribution in [0.15, 0.2) is 59.5 Å². The summed E-state index contributed by atoms with van der Waals surface area (Å²) in [4.78, 5) is 35.6. The van der Waals surface area contributed by atoms with Gasteiger partial charge in [0, 0.05) is 42.8 Å². The van der Waals surface area contributed by atoms with Gasteiger partial charge in [-0.25, -0.2) is 9.97 Å². The van der Waals surface area contributed by atoms with Crippen molar-refractivity contribution in [2.24, 2.45) is 5.41 Å². The molecule has 34 heavy (non-hydrogen) atoms. The molecule has 4 heterocycles. The number of nitrogens with zero attached hydrogens (tertiary/aromatic N) is 4. The summed E-state index contributed by atoms with van der Waals surface area (Å²) in [5, 5.41) is 3.64.